The molecule has 0 aliphatic heterocycles. The molecule has 0 saturated heterocycles. The van der Waals surface area contributed by atoms with Gasteiger partial charge in [-0.1, -0.05) is 178 Å². The maximum Gasteiger partial charge on any atom is 0.145 e. The summed E-state index contributed by atoms with van der Waals surface area (Å²) in [6.07, 6.45) is 0. The third-order valence-electron chi connectivity index (χ3n) is 13.2. The second-order valence-corrected chi connectivity index (χ2v) is 17.6. The van der Waals surface area contributed by atoms with E-state index in [2.05, 4.69) is 243 Å². The average molecular weight is 797 g/mol. The van der Waals surface area contributed by atoms with Crippen LogP contribution in [0, 0.1) is 0 Å². The molecule has 0 atom stereocenters. The molecule has 11 aromatic rings. The number of para-hydroxylation sites is 3. The van der Waals surface area contributed by atoms with Crippen molar-refractivity contribution in [3.05, 3.63) is 240 Å². The van der Waals surface area contributed by atoms with Gasteiger partial charge in [-0.05, 0) is 93.4 Å². The van der Waals surface area contributed by atoms with Crippen LogP contribution in [0.3, 0.4) is 0 Å². The molecule has 3 nitrogen and oxygen atoms in total. The Morgan fingerprint density at radius 3 is 1.79 bits per heavy atom. The summed E-state index contributed by atoms with van der Waals surface area (Å²) in [5.74, 6) is 0. The van der Waals surface area contributed by atoms with Crippen LogP contribution >= 0.6 is 0 Å². The van der Waals surface area contributed by atoms with Gasteiger partial charge in [0, 0.05) is 33.1 Å². The Morgan fingerprint density at radius 2 is 1.08 bits per heavy atom. The Labute approximate surface area is 361 Å². The molecule has 1 aliphatic carbocycles. The normalized spacial score (nSPS) is 13.2. The molecule has 12 rings (SSSR count). The van der Waals surface area contributed by atoms with Crippen LogP contribution < -0.4 is 4.90 Å². The maximum atomic E-state index is 7.23. The molecule has 2 heterocycles. The van der Waals surface area contributed by atoms with Gasteiger partial charge in [0.1, 0.15) is 11.2 Å². The number of nitrogens with zero attached hydrogens (tertiary/aromatic N) is 2. The molecule has 0 fully saturated rings. The number of aromatic nitrogens is 1. The standard InChI is InChI=1S/C59H44N2O/c1-58(2,3)39-34-36-43(37-35-39)61(51-32-19-31-50-55(51)45-27-14-17-30-49(45)60(50)42-24-11-6-12-25-42)52-38-48-54(57-56(52)46-28-15-18-33-53(46)62-57)44-26-13-16-29-47(44)59(48,40-20-7-4-8-21-40)41-22-9-5-10-23-41/h4-38H,1-3H3. The summed E-state index contributed by atoms with van der Waals surface area (Å²) in [7, 11) is 0. The lowest BCUT2D eigenvalue weighted by molar-refractivity contribution is 0.590. The van der Waals surface area contributed by atoms with Gasteiger partial charge in [0.25, 0.3) is 0 Å². The summed E-state index contributed by atoms with van der Waals surface area (Å²) >= 11 is 0. The van der Waals surface area contributed by atoms with Crippen molar-refractivity contribution >= 4 is 60.8 Å². The van der Waals surface area contributed by atoms with Crippen LogP contribution in [0.4, 0.5) is 17.1 Å². The van der Waals surface area contributed by atoms with Crippen molar-refractivity contribution in [2.75, 3.05) is 4.90 Å². The number of benzene rings is 9. The molecule has 3 heteroatoms. The van der Waals surface area contributed by atoms with Gasteiger partial charge in [0.05, 0.1) is 33.2 Å². The van der Waals surface area contributed by atoms with Gasteiger partial charge in [0.15, 0.2) is 0 Å². The molecular weight excluding hydrogens is 753 g/mol. The van der Waals surface area contributed by atoms with Crippen LogP contribution in [0.1, 0.15) is 48.6 Å². The second-order valence-electron chi connectivity index (χ2n) is 17.6. The topological polar surface area (TPSA) is 21.3 Å². The minimum Gasteiger partial charge on any atom is -0.455 e. The molecule has 62 heavy (non-hydrogen) atoms. The minimum atomic E-state index is -0.631. The number of hydrogen-bond donors (Lipinski definition) is 0. The van der Waals surface area contributed by atoms with E-state index in [1.54, 1.807) is 0 Å². The summed E-state index contributed by atoms with van der Waals surface area (Å²) in [6, 6.07) is 77.8. The Balaban J connectivity index is 1.27. The lowest BCUT2D eigenvalue weighted by Crippen LogP contribution is -2.28. The van der Waals surface area contributed by atoms with Gasteiger partial charge in [-0.25, -0.2) is 0 Å². The predicted molar refractivity (Wildman–Crippen MR) is 259 cm³/mol. The van der Waals surface area contributed by atoms with Gasteiger partial charge in [0.2, 0.25) is 0 Å². The Hall–Kier alpha value is -7.62. The first-order valence-corrected chi connectivity index (χ1v) is 21.6. The molecule has 2 aromatic heterocycles. The molecule has 0 bridgehead atoms. The maximum absolute atomic E-state index is 7.23. The highest BCUT2D eigenvalue weighted by molar-refractivity contribution is 6.22. The minimum absolute atomic E-state index is 0.00910. The zero-order chi connectivity index (χ0) is 41.6. The highest BCUT2D eigenvalue weighted by Gasteiger charge is 2.48. The average Bonchev–Trinajstić information content (AvgIpc) is 3.97. The monoisotopic (exact) mass is 796 g/mol. The number of anilines is 3. The molecule has 9 aromatic carbocycles. The number of hydrogen-bond acceptors (Lipinski definition) is 2. The van der Waals surface area contributed by atoms with Crippen molar-refractivity contribution in [1.29, 1.82) is 0 Å². The molecule has 0 N–H and O–H groups in total. The van der Waals surface area contributed by atoms with Crippen molar-refractivity contribution in [2.24, 2.45) is 0 Å². The summed E-state index contributed by atoms with van der Waals surface area (Å²) in [5.41, 5.74) is 16.3. The van der Waals surface area contributed by atoms with Crippen LogP contribution in [0.15, 0.2) is 217 Å². The van der Waals surface area contributed by atoms with Crippen molar-refractivity contribution in [1.82, 2.24) is 4.57 Å². The van der Waals surface area contributed by atoms with E-state index in [9.17, 15) is 0 Å². The summed E-state index contributed by atoms with van der Waals surface area (Å²) in [5, 5.41) is 4.57. The lowest BCUT2D eigenvalue weighted by Gasteiger charge is -2.35. The van der Waals surface area contributed by atoms with Crippen molar-refractivity contribution in [3.8, 4) is 16.8 Å². The van der Waals surface area contributed by atoms with Crippen LogP contribution in [0.2, 0.25) is 0 Å². The van der Waals surface area contributed by atoms with E-state index in [1.165, 1.54) is 49.7 Å². The zero-order valence-electron chi connectivity index (χ0n) is 35.0. The number of furan rings is 1. The van der Waals surface area contributed by atoms with E-state index >= 15 is 0 Å². The number of fused-ring (bicyclic) bond motifs is 10. The smallest absolute Gasteiger partial charge is 0.145 e. The van der Waals surface area contributed by atoms with Crippen LogP contribution in [-0.4, -0.2) is 4.57 Å². The molecule has 296 valence electrons. The highest BCUT2D eigenvalue weighted by atomic mass is 16.3. The van der Waals surface area contributed by atoms with Crippen molar-refractivity contribution < 1.29 is 4.42 Å². The summed E-state index contributed by atoms with van der Waals surface area (Å²) < 4.78 is 9.64. The Morgan fingerprint density at radius 1 is 0.484 bits per heavy atom. The fraction of sp³-hybridized carbons (Fsp3) is 0.0847. The quantitative estimate of drug-likeness (QED) is 0.167. The van der Waals surface area contributed by atoms with Crippen LogP contribution in [-0.2, 0) is 10.8 Å². The van der Waals surface area contributed by atoms with Crippen molar-refractivity contribution in [3.63, 3.8) is 0 Å². The van der Waals surface area contributed by atoms with E-state index < -0.39 is 5.41 Å². The third kappa shape index (κ3) is 5.18. The lowest BCUT2D eigenvalue weighted by atomic mass is 9.67. The molecule has 1 aliphatic rings. The molecule has 0 spiro atoms. The van der Waals surface area contributed by atoms with Gasteiger partial charge in [-0.3, -0.25) is 0 Å². The Kier molecular flexibility index (Phi) is 8.01. The summed E-state index contributed by atoms with van der Waals surface area (Å²) in [6.45, 7) is 6.85. The van der Waals surface area contributed by atoms with Crippen molar-refractivity contribution in [2.45, 2.75) is 31.6 Å². The van der Waals surface area contributed by atoms with Gasteiger partial charge in [-0.15, -0.1) is 0 Å². The molecule has 0 amide bonds. The van der Waals surface area contributed by atoms with E-state index in [0.717, 1.165) is 55.8 Å². The fourth-order valence-corrected chi connectivity index (χ4v) is 10.5. The van der Waals surface area contributed by atoms with Crippen LogP contribution in [0.25, 0.3) is 60.6 Å². The van der Waals surface area contributed by atoms with E-state index in [-0.39, 0.29) is 5.41 Å². The third-order valence-corrected chi connectivity index (χ3v) is 13.2. The molecule has 0 saturated carbocycles. The van der Waals surface area contributed by atoms with E-state index in [4.69, 9.17) is 4.42 Å². The highest BCUT2D eigenvalue weighted by Crippen LogP contribution is 2.61. The predicted octanol–water partition coefficient (Wildman–Crippen LogP) is 15.8. The van der Waals surface area contributed by atoms with E-state index in [1.807, 2.05) is 0 Å². The first kappa shape index (κ1) is 36.2. The van der Waals surface area contributed by atoms with Gasteiger partial charge >= 0.3 is 0 Å². The zero-order valence-corrected chi connectivity index (χ0v) is 35.0. The van der Waals surface area contributed by atoms with Gasteiger partial charge < -0.3 is 13.9 Å². The summed E-state index contributed by atoms with van der Waals surface area (Å²) in [4.78, 5) is 2.52. The SMILES string of the molecule is CC(C)(C)c1ccc(N(c2cc3c(c4oc5ccccc5c24)-c2ccccc2C3(c2ccccc2)c2ccccc2)c2cccc3c2c2ccccc2n3-c2ccccc2)cc1. The largest absolute Gasteiger partial charge is 0.455 e. The fourth-order valence-electron chi connectivity index (χ4n) is 10.5. The second kappa shape index (κ2) is 13.7. The molecule has 0 unspecified atom stereocenters. The first-order valence-electron chi connectivity index (χ1n) is 21.6. The molecular formula is C59H44N2O. The Bertz CT molecular complexity index is 3440. The number of rotatable bonds is 6. The molecule has 0 radical (unpaired) electrons. The first-order chi connectivity index (χ1) is 30.4. The van der Waals surface area contributed by atoms with Crippen LogP contribution in [0.5, 0.6) is 0 Å². The van der Waals surface area contributed by atoms with E-state index in [0.29, 0.717) is 0 Å². The van der Waals surface area contributed by atoms with Gasteiger partial charge in [-0.2, -0.15) is 0 Å².